The predicted molar refractivity (Wildman–Crippen MR) is 71.3 cm³/mol. The van der Waals surface area contributed by atoms with Gasteiger partial charge in [-0.2, -0.15) is 5.26 Å². The highest BCUT2D eigenvalue weighted by Crippen LogP contribution is 2.23. The van der Waals surface area contributed by atoms with Crippen molar-refractivity contribution in [3.8, 4) is 6.07 Å². The lowest BCUT2D eigenvalue weighted by atomic mass is 9.91. The van der Waals surface area contributed by atoms with E-state index in [0.29, 0.717) is 5.56 Å². The van der Waals surface area contributed by atoms with Crippen LogP contribution in [0.3, 0.4) is 0 Å². The fourth-order valence-electron chi connectivity index (χ4n) is 1.94. The molecule has 0 amide bonds. The topological polar surface area (TPSA) is 45.8 Å². The van der Waals surface area contributed by atoms with E-state index >= 15 is 0 Å². The van der Waals surface area contributed by atoms with Crippen molar-refractivity contribution in [2.45, 2.75) is 26.8 Å². The first-order valence-electron chi connectivity index (χ1n) is 6.01. The smallest absolute Gasteiger partial charge is 0.150 e. The molecule has 0 atom stereocenters. The minimum atomic E-state index is -0.306. The normalized spacial score (nSPS) is 11.4. The average Bonchev–Trinajstić information content (AvgIpc) is 2.78. The van der Waals surface area contributed by atoms with Crippen molar-refractivity contribution < 1.29 is 4.79 Å². The number of hydrogen-bond donors (Lipinski definition) is 0. The monoisotopic (exact) mass is 240 g/mol. The van der Waals surface area contributed by atoms with E-state index in [1.54, 1.807) is 0 Å². The van der Waals surface area contributed by atoms with Gasteiger partial charge in [-0.25, -0.2) is 0 Å². The van der Waals surface area contributed by atoms with Gasteiger partial charge in [-0.1, -0.05) is 0 Å². The molecule has 3 nitrogen and oxygen atoms in total. The number of carbonyl (C=O) groups is 1. The van der Waals surface area contributed by atoms with Gasteiger partial charge in [0.25, 0.3) is 0 Å². The molecule has 0 radical (unpaired) electrons. The molecule has 0 aliphatic heterocycles. The van der Waals surface area contributed by atoms with Crippen LogP contribution in [0.5, 0.6) is 0 Å². The molecule has 0 aliphatic rings. The Hall–Kier alpha value is -2.08. The van der Waals surface area contributed by atoms with Gasteiger partial charge < -0.3 is 4.57 Å². The van der Waals surface area contributed by atoms with Crippen LogP contribution in [-0.2, 0) is 6.54 Å². The molecule has 3 heteroatoms. The second-order valence-corrected chi connectivity index (χ2v) is 5.19. The Morgan fingerprint density at radius 1 is 1.39 bits per heavy atom. The Morgan fingerprint density at radius 2 is 2.17 bits per heavy atom. The zero-order chi connectivity index (χ0) is 13.2. The molecule has 2 aromatic rings. The van der Waals surface area contributed by atoms with Crippen LogP contribution in [0.2, 0.25) is 0 Å². The summed E-state index contributed by atoms with van der Waals surface area (Å²) in [4.78, 5) is 10.7. The standard InChI is InChI=1S/C15H16N2O/c1-15(2,11-16)6-8-17-7-5-13-9-12(10-18)3-4-14(13)17/h3-5,7,9-10H,6,8H2,1-2H3. The fraction of sp³-hybridized carbons (Fsp3) is 0.333. The maximum Gasteiger partial charge on any atom is 0.150 e. The summed E-state index contributed by atoms with van der Waals surface area (Å²) in [6.07, 6.45) is 3.67. The molecular weight excluding hydrogens is 224 g/mol. The van der Waals surface area contributed by atoms with Gasteiger partial charge in [-0.15, -0.1) is 0 Å². The highest BCUT2D eigenvalue weighted by molar-refractivity contribution is 5.87. The van der Waals surface area contributed by atoms with Crippen molar-refractivity contribution in [3.05, 3.63) is 36.0 Å². The summed E-state index contributed by atoms with van der Waals surface area (Å²) in [5, 5.41) is 10.1. The fourth-order valence-corrected chi connectivity index (χ4v) is 1.94. The Kier molecular flexibility index (Phi) is 3.20. The molecule has 1 aromatic heterocycles. The summed E-state index contributed by atoms with van der Waals surface area (Å²) in [5.41, 5.74) is 1.49. The molecule has 1 heterocycles. The summed E-state index contributed by atoms with van der Waals surface area (Å²) in [7, 11) is 0. The number of aromatic nitrogens is 1. The van der Waals surface area contributed by atoms with Gasteiger partial charge in [0, 0.05) is 29.2 Å². The van der Waals surface area contributed by atoms with Crippen LogP contribution < -0.4 is 0 Å². The second-order valence-electron chi connectivity index (χ2n) is 5.19. The lowest BCUT2D eigenvalue weighted by molar-refractivity contribution is 0.112. The highest BCUT2D eigenvalue weighted by Gasteiger charge is 2.16. The van der Waals surface area contributed by atoms with Gasteiger partial charge in [-0.05, 0) is 44.5 Å². The molecule has 2 rings (SSSR count). The summed E-state index contributed by atoms with van der Waals surface area (Å²) >= 11 is 0. The zero-order valence-electron chi connectivity index (χ0n) is 10.7. The van der Waals surface area contributed by atoms with Crippen LogP contribution >= 0.6 is 0 Å². The van der Waals surface area contributed by atoms with E-state index in [2.05, 4.69) is 10.6 Å². The summed E-state index contributed by atoms with van der Waals surface area (Å²) < 4.78 is 2.13. The first-order valence-corrected chi connectivity index (χ1v) is 6.01. The van der Waals surface area contributed by atoms with Gasteiger partial charge in [0.2, 0.25) is 0 Å². The zero-order valence-corrected chi connectivity index (χ0v) is 10.7. The largest absolute Gasteiger partial charge is 0.347 e. The Labute approximate surface area is 107 Å². The van der Waals surface area contributed by atoms with Crippen LogP contribution in [0.4, 0.5) is 0 Å². The van der Waals surface area contributed by atoms with E-state index < -0.39 is 0 Å². The van der Waals surface area contributed by atoms with Crippen LogP contribution in [0, 0.1) is 16.7 Å². The Bertz CT molecular complexity index is 617. The van der Waals surface area contributed by atoms with E-state index in [1.807, 2.05) is 44.3 Å². The summed E-state index contributed by atoms with van der Waals surface area (Å²) in [6, 6.07) is 9.97. The van der Waals surface area contributed by atoms with Crippen molar-refractivity contribution in [3.63, 3.8) is 0 Å². The maximum absolute atomic E-state index is 10.7. The Morgan fingerprint density at radius 3 is 2.83 bits per heavy atom. The van der Waals surface area contributed by atoms with Crippen molar-refractivity contribution >= 4 is 17.2 Å². The molecule has 0 N–H and O–H groups in total. The average molecular weight is 240 g/mol. The SMILES string of the molecule is CC(C)(C#N)CCn1ccc2cc(C=O)ccc21. The van der Waals surface area contributed by atoms with Gasteiger partial charge in [0.05, 0.1) is 11.5 Å². The quantitative estimate of drug-likeness (QED) is 0.769. The number of aryl methyl sites for hydroxylation is 1. The predicted octanol–water partition coefficient (Wildman–Crippen LogP) is 3.39. The number of nitrogens with zero attached hydrogens (tertiary/aromatic N) is 2. The lowest BCUT2D eigenvalue weighted by Gasteiger charge is -2.15. The molecule has 0 spiro atoms. The first kappa shape index (κ1) is 12.4. The van der Waals surface area contributed by atoms with Gasteiger partial charge in [-0.3, -0.25) is 4.79 Å². The number of aldehydes is 1. The minimum absolute atomic E-state index is 0.306. The number of carbonyl (C=O) groups excluding carboxylic acids is 1. The number of fused-ring (bicyclic) bond motifs is 1. The lowest BCUT2D eigenvalue weighted by Crippen LogP contribution is -2.11. The number of benzene rings is 1. The third-order valence-electron chi connectivity index (χ3n) is 3.21. The minimum Gasteiger partial charge on any atom is -0.347 e. The van der Waals surface area contributed by atoms with Gasteiger partial charge in [0.1, 0.15) is 6.29 Å². The number of rotatable bonds is 4. The molecule has 0 aliphatic carbocycles. The molecular formula is C15H16N2O. The Balaban J connectivity index is 2.25. The molecule has 0 saturated carbocycles. The molecule has 0 fully saturated rings. The van der Waals surface area contributed by atoms with Crippen molar-refractivity contribution in [1.29, 1.82) is 5.26 Å². The van der Waals surface area contributed by atoms with Crippen LogP contribution in [0.25, 0.3) is 10.9 Å². The van der Waals surface area contributed by atoms with Crippen LogP contribution in [-0.4, -0.2) is 10.9 Å². The molecule has 92 valence electrons. The molecule has 1 aromatic carbocycles. The van der Waals surface area contributed by atoms with E-state index in [9.17, 15) is 4.79 Å². The van der Waals surface area contributed by atoms with E-state index in [-0.39, 0.29) is 5.41 Å². The van der Waals surface area contributed by atoms with Crippen LogP contribution in [0.15, 0.2) is 30.5 Å². The molecule has 0 saturated heterocycles. The summed E-state index contributed by atoms with van der Waals surface area (Å²) in [5.74, 6) is 0. The van der Waals surface area contributed by atoms with Crippen molar-refractivity contribution in [2.75, 3.05) is 0 Å². The van der Waals surface area contributed by atoms with E-state index in [4.69, 9.17) is 5.26 Å². The molecule has 0 bridgehead atoms. The van der Waals surface area contributed by atoms with Gasteiger partial charge in [0.15, 0.2) is 0 Å². The van der Waals surface area contributed by atoms with E-state index in [0.717, 1.165) is 30.2 Å². The van der Waals surface area contributed by atoms with Crippen molar-refractivity contribution in [2.24, 2.45) is 5.41 Å². The summed E-state index contributed by atoms with van der Waals surface area (Å²) in [6.45, 7) is 4.71. The van der Waals surface area contributed by atoms with Gasteiger partial charge >= 0.3 is 0 Å². The van der Waals surface area contributed by atoms with Crippen molar-refractivity contribution in [1.82, 2.24) is 4.57 Å². The molecule has 18 heavy (non-hydrogen) atoms. The first-order chi connectivity index (χ1) is 8.55. The number of hydrogen-bond acceptors (Lipinski definition) is 2. The second kappa shape index (κ2) is 4.66. The van der Waals surface area contributed by atoms with Crippen LogP contribution in [0.1, 0.15) is 30.6 Å². The number of nitriles is 1. The third-order valence-corrected chi connectivity index (χ3v) is 3.21. The third kappa shape index (κ3) is 2.43. The highest BCUT2D eigenvalue weighted by atomic mass is 16.1. The molecule has 0 unspecified atom stereocenters. The maximum atomic E-state index is 10.7. The van der Waals surface area contributed by atoms with E-state index in [1.165, 1.54) is 0 Å².